The molecule has 0 spiro atoms. The summed E-state index contributed by atoms with van der Waals surface area (Å²) in [7, 11) is 0. The third kappa shape index (κ3) is 11.7. The van der Waals surface area contributed by atoms with Gasteiger partial charge in [-0.3, -0.25) is 0 Å². The van der Waals surface area contributed by atoms with E-state index in [0.717, 1.165) is 61.6 Å². The smallest absolute Gasteiger partial charge is 0.425 e. The molecule has 3 aromatic rings. The maximum atomic E-state index is 13.8. The summed E-state index contributed by atoms with van der Waals surface area (Å²) in [5, 5.41) is 0. The lowest BCUT2D eigenvalue weighted by molar-refractivity contribution is -0.206. The second kappa shape index (κ2) is 19.4. The normalized spacial score (nSPS) is 13.5. The molecule has 1 atom stereocenters. The first kappa shape index (κ1) is 38.1. The van der Waals surface area contributed by atoms with E-state index < -0.39 is 24.2 Å². The third-order valence-corrected chi connectivity index (χ3v) is 9.23. The van der Waals surface area contributed by atoms with Gasteiger partial charge in [-0.15, -0.1) is 0 Å². The van der Waals surface area contributed by atoms with E-state index in [1.807, 2.05) is 19.3 Å². The van der Waals surface area contributed by atoms with E-state index in [4.69, 9.17) is 9.47 Å². The lowest BCUT2D eigenvalue weighted by Gasteiger charge is -2.24. The highest BCUT2D eigenvalue weighted by Crippen LogP contribution is 2.36. The molecule has 1 aliphatic carbocycles. The minimum absolute atomic E-state index is 0.0152. The molecule has 1 aliphatic rings. The Kier molecular flexibility index (Phi) is 15.1. The number of alkyl halides is 3. The van der Waals surface area contributed by atoms with E-state index in [-0.39, 0.29) is 23.3 Å². The SMILES string of the molecule is CCCCCCCCCCc1cnc(-c2ccc(C(=O)Oc3c(C(=O)O[C@H](CCCCCC)C(F)(F)F)ccc4c3CCCC4)cc2)nc1. The molecule has 0 unspecified atom stereocenters. The zero-order valence-electron chi connectivity index (χ0n) is 29.1. The van der Waals surface area contributed by atoms with Gasteiger partial charge in [0, 0.05) is 18.0 Å². The largest absolute Gasteiger partial charge is 0.449 e. The number of carbonyl (C=O) groups excluding carboxylic acids is 2. The number of nitrogens with zero attached hydrogens (tertiary/aromatic N) is 2. The fraction of sp³-hybridized carbons (Fsp3) is 0.550. The van der Waals surface area contributed by atoms with Crippen LogP contribution in [0.5, 0.6) is 5.75 Å². The Morgan fingerprint density at radius 2 is 1.37 bits per heavy atom. The molecule has 0 amide bonds. The average molecular weight is 681 g/mol. The summed E-state index contributed by atoms with van der Waals surface area (Å²) in [6.07, 6.45) is 13.1. The molecule has 0 saturated heterocycles. The van der Waals surface area contributed by atoms with Crippen LogP contribution in [0.2, 0.25) is 0 Å². The fourth-order valence-electron chi connectivity index (χ4n) is 6.31. The van der Waals surface area contributed by atoms with Gasteiger partial charge in [-0.25, -0.2) is 19.6 Å². The van der Waals surface area contributed by atoms with Gasteiger partial charge in [-0.2, -0.15) is 13.2 Å². The highest BCUT2D eigenvalue weighted by atomic mass is 19.4. The Balaban J connectivity index is 1.41. The fourth-order valence-corrected chi connectivity index (χ4v) is 6.31. The van der Waals surface area contributed by atoms with Gasteiger partial charge in [-0.1, -0.05) is 96.3 Å². The highest BCUT2D eigenvalue weighted by Gasteiger charge is 2.43. The van der Waals surface area contributed by atoms with E-state index in [9.17, 15) is 22.8 Å². The van der Waals surface area contributed by atoms with Crippen LogP contribution in [0.3, 0.4) is 0 Å². The Bertz CT molecular complexity index is 1470. The molecule has 0 aliphatic heterocycles. The summed E-state index contributed by atoms with van der Waals surface area (Å²) in [6.45, 7) is 4.20. The highest BCUT2D eigenvalue weighted by molar-refractivity contribution is 5.97. The van der Waals surface area contributed by atoms with Crippen LogP contribution in [0.4, 0.5) is 13.2 Å². The van der Waals surface area contributed by atoms with Gasteiger partial charge in [0.2, 0.25) is 0 Å². The molecule has 1 aromatic heterocycles. The van der Waals surface area contributed by atoms with Crippen LogP contribution in [0.1, 0.15) is 148 Å². The number of hydrogen-bond donors (Lipinski definition) is 0. The van der Waals surface area contributed by atoms with Crippen molar-refractivity contribution in [2.24, 2.45) is 0 Å². The van der Waals surface area contributed by atoms with Crippen LogP contribution in [0, 0.1) is 0 Å². The van der Waals surface area contributed by atoms with E-state index >= 15 is 0 Å². The number of hydrogen-bond acceptors (Lipinski definition) is 6. The van der Waals surface area contributed by atoms with Crippen LogP contribution < -0.4 is 4.74 Å². The molecule has 2 aromatic carbocycles. The first-order valence-electron chi connectivity index (χ1n) is 18.3. The number of ether oxygens (including phenoxy) is 2. The van der Waals surface area contributed by atoms with Gasteiger partial charge in [-0.05, 0) is 86.3 Å². The standard InChI is InChI=1S/C40H51F3N2O4/c1-3-5-7-9-10-11-12-13-17-29-27-44-37(45-28-29)31-21-23-32(24-22-31)38(46)49-36-33-19-16-15-18-30(33)25-26-34(36)39(47)48-35(40(41,42)43)20-14-8-6-4-2/h21-28,35H,3-20H2,1-2H3/t35-/m1/s1. The summed E-state index contributed by atoms with van der Waals surface area (Å²) in [4.78, 5) is 35.7. The van der Waals surface area contributed by atoms with Crippen molar-refractivity contribution in [1.82, 2.24) is 9.97 Å². The van der Waals surface area contributed by atoms with Gasteiger partial charge < -0.3 is 9.47 Å². The van der Waals surface area contributed by atoms with Crippen molar-refractivity contribution in [1.29, 1.82) is 0 Å². The van der Waals surface area contributed by atoms with Crippen LogP contribution in [-0.2, 0) is 24.0 Å². The Hall–Kier alpha value is -3.75. The minimum Gasteiger partial charge on any atom is -0.449 e. The molecule has 0 bridgehead atoms. The number of rotatable bonds is 19. The third-order valence-electron chi connectivity index (χ3n) is 9.23. The predicted octanol–water partition coefficient (Wildman–Crippen LogP) is 11.0. The summed E-state index contributed by atoms with van der Waals surface area (Å²) >= 11 is 0. The zero-order valence-corrected chi connectivity index (χ0v) is 29.1. The summed E-state index contributed by atoms with van der Waals surface area (Å²) in [6, 6.07) is 9.79. The lowest BCUT2D eigenvalue weighted by atomic mass is 9.89. The van der Waals surface area contributed by atoms with Gasteiger partial charge in [0.25, 0.3) is 0 Å². The topological polar surface area (TPSA) is 78.4 Å². The monoisotopic (exact) mass is 680 g/mol. The molecule has 0 fully saturated rings. The van der Waals surface area contributed by atoms with Crippen molar-refractivity contribution in [2.45, 2.75) is 142 Å². The molecule has 49 heavy (non-hydrogen) atoms. The van der Waals surface area contributed by atoms with Crippen LogP contribution in [0.25, 0.3) is 11.4 Å². The molecule has 0 saturated carbocycles. The van der Waals surface area contributed by atoms with E-state index in [1.54, 1.807) is 30.3 Å². The van der Waals surface area contributed by atoms with Crippen molar-refractivity contribution in [3.8, 4) is 17.1 Å². The maximum absolute atomic E-state index is 13.8. The second-order valence-corrected chi connectivity index (χ2v) is 13.2. The Labute approximate surface area is 289 Å². The maximum Gasteiger partial charge on any atom is 0.425 e. The second-order valence-electron chi connectivity index (χ2n) is 13.2. The number of aromatic nitrogens is 2. The molecule has 6 nitrogen and oxygen atoms in total. The van der Waals surface area contributed by atoms with Crippen LogP contribution in [-0.4, -0.2) is 34.2 Å². The molecular formula is C40H51F3N2O4. The summed E-state index contributed by atoms with van der Waals surface area (Å²) in [5.74, 6) is -1.34. The lowest BCUT2D eigenvalue weighted by Crippen LogP contribution is -2.34. The average Bonchev–Trinajstić information content (AvgIpc) is 3.10. The van der Waals surface area contributed by atoms with Crippen molar-refractivity contribution < 1.29 is 32.2 Å². The molecule has 4 rings (SSSR count). The van der Waals surface area contributed by atoms with Crippen LogP contribution >= 0.6 is 0 Å². The van der Waals surface area contributed by atoms with Crippen LogP contribution in [0.15, 0.2) is 48.8 Å². The predicted molar refractivity (Wildman–Crippen MR) is 186 cm³/mol. The van der Waals surface area contributed by atoms with E-state index in [0.29, 0.717) is 30.7 Å². The van der Waals surface area contributed by atoms with Crippen molar-refractivity contribution in [3.63, 3.8) is 0 Å². The number of halogens is 3. The molecule has 0 N–H and O–H groups in total. The molecular weight excluding hydrogens is 629 g/mol. The number of aryl methyl sites for hydroxylation is 2. The first-order chi connectivity index (χ1) is 23.7. The zero-order chi connectivity index (χ0) is 35.1. The van der Waals surface area contributed by atoms with Crippen molar-refractivity contribution >= 4 is 11.9 Å². The van der Waals surface area contributed by atoms with Crippen molar-refractivity contribution in [2.75, 3.05) is 0 Å². The molecule has 266 valence electrons. The number of esters is 2. The van der Waals surface area contributed by atoms with Crippen molar-refractivity contribution in [3.05, 3.63) is 76.6 Å². The minimum atomic E-state index is -4.70. The van der Waals surface area contributed by atoms with E-state index in [1.165, 1.54) is 51.0 Å². The quantitative estimate of drug-likeness (QED) is 0.0712. The number of benzene rings is 2. The Morgan fingerprint density at radius 3 is 2.02 bits per heavy atom. The number of unbranched alkanes of at least 4 members (excludes halogenated alkanes) is 10. The molecule has 0 radical (unpaired) electrons. The van der Waals surface area contributed by atoms with E-state index in [2.05, 4.69) is 16.9 Å². The first-order valence-corrected chi connectivity index (χ1v) is 18.3. The van der Waals surface area contributed by atoms with Gasteiger partial charge in [0.1, 0.15) is 11.3 Å². The molecule has 9 heteroatoms. The van der Waals surface area contributed by atoms with Gasteiger partial charge in [0.05, 0.1) is 5.56 Å². The Morgan fingerprint density at radius 1 is 0.755 bits per heavy atom. The van der Waals surface area contributed by atoms with Gasteiger partial charge in [0.15, 0.2) is 11.9 Å². The van der Waals surface area contributed by atoms with Gasteiger partial charge >= 0.3 is 18.1 Å². The number of carbonyl (C=O) groups is 2. The summed E-state index contributed by atoms with van der Waals surface area (Å²) in [5.41, 5.74) is 3.46. The number of fused-ring (bicyclic) bond motifs is 1. The molecule has 1 heterocycles. The summed E-state index contributed by atoms with van der Waals surface area (Å²) < 4.78 is 52.4.